The molecule has 220 valence electrons. The molecule has 2 amide bonds. The average molecular weight is 588 g/mol. The smallest absolute Gasteiger partial charge is 0.261 e. The molecule has 0 aromatic heterocycles. The lowest BCUT2D eigenvalue weighted by molar-refractivity contribution is -0.121. The number of carbonyl (C=O) groups excluding carboxylic acids is 2. The van der Waals surface area contributed by atoms with Gasteiger partial charge in [-0.15, -0.1) is 0 Å². The van der Waals surface area contributed by atoms with Crippen LogP contribution in [0.25, 0.3) is 0 Å². The standard InChI is InChI=1S/C33H37N3O5S/c1-3-22-14-23(16-26(15-22)40-12-7-6-10-32(37)34-11-13-42)21-41-31-19-28-27(18-30(31)39-2)33(38)36-25(20-35-28)17-24-8-4-5-9-29(24)36/h4-5,8-9,14-16,18-20,25,42H,3,6-7,10-13,17,21H2,1-2H3,(H,34,37). The number of aryl methyl sites for hydroxylation is 1. The molecule has 1 N–H and O–H groups in total. The van der Waals surface area contributed by atoms with Crippen LogP contribution in [0.4, 0.5) is 11.4 Å². The molecule has 0 spiro atoms. The van der Waals surface area contributed by atoms with Gasteiger partial charge >= 0.3 is 0 Å². The van der Waals surface area contributed by atoms with E-state index in [-0.39, 0.29) is 17.9 Å². The van der Waals surface area contributed by atoms with Crippen LogP contribution in [0.2, 0.25) is 0 Å². The number of unbranched alkanes of at least 4 members (excludes halogenated alkanes) is 1. The first-order valence-corrected chi connectivity index (χ1v) is 15.1. The van der Waals surface area contributed by atoms with Crippen LogP contribution in [0.1, 0.15) is 53.2 Å². The fourth-order valence-corrected chi connectivity index (χ4v) is 5.42. The minimum Gasteiger partial charge on any atom is -0.494 e. The van der Waals surface area contributed by atoms with E-state index in [1.54, 1.807) is 19.2 Å². The zero-order chi connectivity index (χ0) is 29.5. The van der Waals surface area contributed by atoms with Crippen molar-refractivity contribution in [3.8, 4) is 17.2 Å². The molecule has 2 aliphatic heterocycles. The maximum Gasteiger partial charge on any atom is 0.261 e. The number of hydrogen-bond acceptors (Lipinski definition) is 7. The van der Waals surface area contributed by atoms with Crippen LogP contribution in [0.5, 0.6) is 17.2 Å². The van der Waals surface area contributed by atoms with E-state index in [1.807, 2.05) is 41.4 Å². The van der Waals surface area contributed by atoms with Gasteiger partial charge in [0.05, 0.1) is 31.0 Å². The molecule has 8 nitrogen and oxygen atoms in total. The summed E-state index contributed by atoms with van der Waals surface area (Å²) in [4.78, 5) is 31.9. The summed E-state index contributed by atoms with van der Waals surface area (Å²) < 4.78 is 17.9. The topological polar surface area (TPSA) is 89.5 Å². The second kappa shape index (κ2) is 13.8. The minimum absolute atomic E-state index is 0.0467. The summed E-state index contributed by atoms with van der Waals surface area (Å²) in [7, 11) is 1.57. The predicted octanol–water partition coefficient (Wildman–Crippen LogP) is 5.72. The largest absolute Gasteiger partial charge is 0.494 e. The Bertz CT molecular complexity index is 1470. The Kier molecular flexibility index (Phi) is 9.69. The molecule has 2 heterocycles. The fourth-order valence-electron chi connectivity index (χ4n) is 5.31. The van der Waals surface area contributed by atoms with Crippen molar-refractivity contribution in [3.63, 3.8) is 0 Å². The zero-order valence-corrected chi connectivity index (χ0v) is 25.0. The van der Waals surface area contributed by atoms with Gasteiger partial charge < -0.3 is 19.5 Å². The molecule has 0 saturated heterocycles. The van der Waals surface area contributed by atoms with Crippen LogP contribution in [-0.2, 0) is 24.2 Å². The summed E-state index contributed by atoms with van der Waals surface area (Å²) >= 11 is 4.11. The monoisotopic (exact) mass is 587 g/mol. The predicted molar refractivity (Wildman–Crippen MR) is 168 cm³/mol. The number of anilines is 1. The minimum atomic E-state index is -0.122. The first-order chi connectivity index (χ1) is 20.5. The highest BCUT2D eigenvalue weighted by atomic mass is 32.1. The van der Waals surface area contributed by atoms with Gasteiger partial charge in [-0.05, 0) is 60.2 Å². The zero-order valence-electron chi connectivity index (χ0n) is 24.1. The number of carbonyl (C=O) groups is 2. The second-order valence-corrected chi connectivity index (χ2v) is 10.8. The highest BCUT2D eigenvalue weighted by Crippen LogP contribution is 2.41. The van der Waals surface area contributed by atoms with Crippen LogP contribution in [0.3, 0.4) is 0 Å². The summed E-state index contributed by atoms with van der Waals surface area (Å²) in [6.07, 6.45) is 5.47. The van der Waals surface area contributed by atoms with Crippen molar-refractivity contribution in [1.82, 2.24) is 5.32 Å². The van der Waals surface area contributed by atoms with Gasteiger partial charge in [-0.25, -0.2) is 0 Å². The SMILES string of the molecule is CCc1cc(COc2cc3c(cc2OC)C(=O)N2c4ccccc4CC2C=N3)cc(OCCCCC(=O)NCCS)c1. The van der Waals surface area contributed by atoms with Crippen LogP contribution >= 0.6 is 12.6 Å². The van der Waals surface area contributed by atoms with Gasteiger partial charge in [-0.1, -0.05) is 31.2 Å². The third-order valence-corrected chi connectivity index (χ3v) is 7.68. The maximum absolute atomic E-state index is 13.7. The van der Waals surface area contributed by atoms with Gasteiger partial charge in [0, 0.05) is 43.1 Å². The molecule has 3 aromatic carbocycles. The summed E-state index contributed by atoms with van der Waals surface area (Å²) in [6.45, 7) is 3.51. The van der Waals surface area contributed by atoms with Crippen molar-refractivity contribution in [1.29, 1.82) is 0 Å². The van der Waals surface area contributed by atoms with E-state index in [0.717, 1.165) is 53.8 Å². The summed E-state index contributed by atoms with van der Waals surface area (Å²) in [5.41, 5.74) is 5.22. The van der Waals surface area contributed by atoms with Gasteiger partial charge in [-0.2, -0.15) is 12.6 Å². The molecule has 0 bridgehead atoms. The molecule has 1 unspecified atom stereocenters. The maximum atomic E-state index is 13.7. The van der Waals surface area contributed by atoms with Crippen LogP contribution in [0, 0.1) is 0 Å². The molecule has 0 fully saturated rings. The van der Waals surface area contributed by atoms with Crippen molar-refractivity contribution in [2.24, 2.45) is 4.99 Å². The number of para-hydroxylation sites is 1. The van der Waals surface area contributed by atoms with Crippen molar-refractivity contribution in [2.45, 2.75) is 51.7 Å². The van der Waals surface area contributed by atoms with Gasteiger partial charge in [0.2, 0.25) is 5.91 Å². The molecule has 5 rings (SSSR count). The van der Waals surface area contributed by atoms with Gasteiger partial charge in [0.15, 0.2) is 11.5 Å². The number of methoxy groups -OCH3 is 1. The first-order valence-electron chi connectivity index (χ1n) is 14.4. The molecule has 3 aromatic rings. The number of nitrogens with one attached hydrogen (secondary N) is 1. The Morgan fingerprint density at radius 3 is 2.71 bits per heavy atom. The number of benzene rings is 3. The number of ether oxygens (including phenoxy) is 3. The fraction of sp³-hybridized carbons (Fsp3) is 0.364. The third kappa shape index (κ3) is 6.73. The van der Waals surface area contributed by atoms with Gasteiger partial charge in [0.1, 0.15) is 12.4 Å². The van der Waals surface area contributed by atoms with Crippen molar-refractivity contribution >= 4 is 42.0 Å². The Morgan fingerprint density at radius 2 is 1.90 bits per heavy atom. The molecular formula is C33H37N3O5S. The lowest BCUT2D eigenvalue weighted by Gasteiger charge is -2.22. The average Bonchev–Trinajstić information content (AvgIpc) is 3.33. The lowest BCUT2D eigenvalue weighted by Crippen LogP contribution is -2.37. The van der Waals surface area contributed by atoms with Gasteiger partial charge in [-0.3, -0.25) is 19.5 Å². The van der Waals surface area contributed by atoms with E-state index in [0.29, 0.717) is 54.7 Å². The molecule has 1 atom stereocenters. The molecule has 0 radical (unpaired) electrons. The van der Waals surface area contributed by atoms with E-state index in [1.165, 1.54) is 0 Å². The van der Waals surface area contributed by atoms with Gasteiger partial charge in [0.25, 0.3) is 5.91 Å². The Balaban J connectivity index is 1.26. The number of nitrogens with zero attached hydrogens (tertiary/aromatic N) is 2. The van der Waals surface area contributed by atoms with Crippen LogP contribution in [0.15, 0.2) is 59.6 Å². The molecule has 9 heteroatoms. The Hall–Kier alpha value is -3.98. The molecule has 0 aliphatic carbocycles. The number of fused-ring (bicyclic) bond motifs is 4. The molecule has 0 saturated carbocycles. The Labute approximate surface area is 252 Å². The first kappa shape index (κ1) is 29.5. The molecule has 2 aliphatic rings. The normalized spacial score (nSPS) is 15.0. The lowest BCUT2D eigenvalue weighted by atomic mass is 10.1. The number of aliphatic imine (C=N–C) groups is 1. The number of amides is 2. The van der Waals surface area contributed by atoms with E-state index in [2.05, 4.69) is 37.0 Å². The van der Waals surface area contributed by atoms with Crippen LogP contribution in [-0.4, -0.2) is 50.1 Å². The highest BCUT2D eigenvalue weighted by molar-refractivity contribution is 7.80. The second-order valence-electron chi connectivity index (χ2n) is 10.4. The quantitative estimate of drug-likeness (QED) is 0.197. The van der Waals surface area contributed by atoms with Crippen molar-refractivity contribution in [3.05, 3.63) is 76.9 Å². The highest BCUT2D eigenvalue weighted by Gasteiger charge is 2.36. The third-order valence-electron chi connectivity index (χ3n) is 7.46. The summed E-state index contributed by atoms with van der Waals surface area (Å²) in [5, 5.41) is 2.83. The van der Waals surface area contributed by atoms with Crippen molar-refractivity contribution in [2.75, 3.05) is 30.9 Å². The number of thiol groups is 1. The van der Waals surface area contributed by atoms with E-state index in [9.17, 15) is 9.59 Å². The number of rotatable bonds is 13. The molecular weight excluding hydrogens is 550 g/mol. The number of hydrogen-bond donors (Lipinski definition) is 2. The molecule has 42 heavy (non-hydrogen) atoms. The van der Waals surface area contributed by atoms with Crippen LogP contribution < -0.4 is 24.4 Å². The van der Waals surface area contributed by atoms with Crippen molar-refractivity contribution < 1.29 is 23.8 Å². The van der Waals surface area contributed by atoms with E-state index < -0.39 is 0 Å². The summed E-state index contributed by atoms with van der Waals surface area (Å²) in [6, 6.07) is 17.5. The van der Waals surface area contributed by atoms with E-state index in [4.69, 9.17) is 19.2 Å². The Morgan fingerprint density at radius 1 is 1.07 bits per heavy atom. The van der Waals surface area contributed by atoms with E-state index >= 15 is 0 Å². The summed E-state index contributed by atoms with van der Waals surface area (Å²) in [5.74, 6) is 2.35.